The maximum atomic E-state index is 9.57. The van der Waals surface area contributed by atoms with Crippen LogP contribution in [0.25, 0.3) is 11.1 Å². The Hall–Kier alpha value is -2.82. The number of nitrogens with zero attached hydrogens (tertiary/aromatic N) is 2. The van der Waals surface area contributed by atoms with Gasteiger partial charge >= 0.3 is 0 Å². The molecule has 0 saturated heterocycles. The standard InChI is InChI=1S/C20H17N3S/c1-12-4-6-15(7-5-12)16-8-19(24-11-16)20-17(9-21)13(2)23-14(3)18(20)10-22/h4-8,11,20,23H,1-3H3. The average molecular weight is 331 g/mol. The van der Waals surface area contributed by atoms with E-state index in [9.17, 15) is 10.5 Å². The number of allylic oxidation sites excluding steroid dienone is 4. The summed E-state index contributed by atoms with van der Waals surface area (Å²) >= 11 is 1.60. The van der Waals surface area contributed by atoms with Crippen molar-refractivity contribution in [2.75, 3.05) is 0 Å². The van der Waals surface area contributed by atoms with Crippen LogP contribution in [0.1, 0.15) is 30.2 Å². The normalized spacial score (nSPS) is 15.0. The monoisotopic (exact) mass is 331 g/mol. The summed E-state index contributed by atoms with van der Waals surface area (Å²) in [5.41, 5.74) is 6.38. The molecule has 0 spiro atoms. The van der Waals surface area contributed by atoms with Gasteiger partial charge in [-0.15, -0.1) is 11.3 Å². The van der Waals surface area contributed by atoms with Gasteiger partial charge in [0.15, 0.2) is 0 Å². The molecule has 0 bridgehead atoms. The van der Waals surface area contributed by atoms with Crippen LogP contribution in [-0.4, -0.2) is 0 Å². The molecule has 24 heavy (non-hydrogen) atoms. The van der Waals surface area contributed by atoms with E-state index in [2.05, 4.69) is 60.1 Å². The van der Waals surface area contributed by atoms with Crippen molar-refractivity contribution < 1.29 is 0 Å². The van der Waals surface area contributed by atoms with Crippen molar-refractivity contribution >= 4 is 11.3 Å². The number of nitrogens with one attached hydrogen (secondary N) is 1. The van der Waals surface area contributed by atoms with Crippen LogP contribution in [0.15, 0.2) is 58.3 Å². The van der Waals surface area contributed by atoms with Gasteiger partial charge in [-0.05, 0) is 43.3 Å². The number of hydrogen-bond donors (Lipinski definition) is 1. The van der Waals surface area contributed by atoms with E-state index in [0.29, 0.717) is 11.1 Å². The van der Waals surface area contributed by atoms with E-state index in [1.54, 1.807) is 11.3 Å². The topological polar surface area (TPSA) is 59.6 Å². The summed E-state index contributed by atoms with van der Waals surface area (Å²) in [6, 6.07) is 15.0. The fraction of sp³-hybridized carbons (Fsp3) is 0.200. The molecule has 1 aliphatic heterocycles. The highest BCUT2D eigenvalue weighted by molar-refractivity contribution is 7.10. The summed E-state index contributed by atoms with van der Waals surface area (Å²) in [6.07, 6.45) is 0. The molecular weight excluding hydrogens is 314 g/mol. The first kappa shape index (κ1) is 16.1. The molecule has 1 aliphatic rings. The molecule has 0 aliphatic carbocycles. The average Bonchev–Trinajstić information content (AvgIpc) is 3.04. The zero-order valence-corrected chi connectivity index (χ0v) is 14.7. The zero-order valence-electron chi connectivity index (χ0n) is 13.8. The molecule has 0 fully saturated rings. The molecule has 2 aromatic rings. The van der Waals surface area contributed by atoms with Crippen LogP contribution in [0.4, 0.5) is 0 Å². The summed E-state index contributed by atoms with van der Waals surface area (Å²) in [7, 11) is 0. The molecule has 3 nitrogen and oxygen atoms in total. The Kier molecular flexibility index (Phi) is 4.25. The molecule has 1 aromatic heterocycles. The largest absolute Gasteiger partial charge is 0.361 e. The molecule has 0 atom stereocenters. The van der Waals surface area contributed by atoms with Crippen molar-refractivity contribution in [1.82, 2.24) is 5.32 Å². The molecule has 1 aromatic carbocycles. The summed E-state index contributed by atoms with van der Waals surface area (Å²) in [6.45, 7) is 5.84. The number of benzene rings is 1. The van der Waals surface area contributed by atoms with Gasteiger partial charge in [-0.25, -0.2) is 0 Å². The van der Waals surface area contributed by atoms with Crippen LogP contribution < -0.4 is 5.32 Å². The first-order chi connectivity index (χ1) is 11.5. The van der Waals surface area contributed by atoms with Crippen molar-refractivity contribution in [1.29, 1.82) is 10.5 Å². The minimum absolute atomic E-state index is 0.273. The van der Waals surface area contributed by atoms with Crippen LogP contribution in [0.2, 0.25) is 0 Å². The number of rotatable bonds is 2. The highest BCUT2D eigenvalue weighted by atomic mass is 32.1. The van der Waals surface area contributed by atoms with Gasteiger partial charge in [0.25, 0.3) is 0 Å². The van der Waals surface area contributed by atoms with Crippen molar-refractivity contribution in [2.24, 2.45) is 0 Å². The number of aryl methyl sites for hydroxylation is 1. The first-order valence-corrected chi connectivity index (χ1v) is 8.57. The lowest BCUT2D eigenvalue weighted by molar-refractivity contribution is 0.822. The lowest BCUT2D eigenvalue weighted by Gasteiger charge is -2.25. The molecule has 0 amide bonds. The SMILES string of the molecule is CC1=C(C#N)C(c2cc(-c3ccc(C)cc3)cs2)C(C#N)=C(C)N1. The fourth-order valence-electron chi connectivity index (χ4n) is 2.98. The van der Waals surface area contributed by atoms with Gasteiger partial charge in [-0.1, -0.05) is 29.8 Å². The Morgan fingerprint density at radius 2 is 1.50 bits per heavy atom. The van der Waals surface area contributed by atoms with E-state index >= 15 is 0 Å². The molecule has 4 heteroatoms. The zero-order chi connectivity index (χ0) is 17.3. The summed E-state index contributed by atoms with van der Waals surface area (Å²) in [5, 5.41) is 24.4. The Bertz CT molecular complexity index is 894. The molecule has 0 unspecified atom stereocenters. The molecule has 2 heterocycles. The van der Waals surface area contributed by atoms with Crippen LogP contribution >= 0.6 is 11.3 Å². The highest BCUT2D eigenvalue weighted by Gasteiger charge is 2.30. The predicted molar refractivity (Wildman–Crippen MR) is 97.0 cm³/mol. The quantitative estimate of drug-likeness (QED) is 0.842. The van der Waals surface area contributed by atoms with E-state index in [1.165, 1.54) is 5.56 Å². The van der Waals surface area contributed by atoms with E-state index in [0.717, 1.165) is 27.4 Å². The minimum Gasteiger partial charge on any atom is -0.361 e. The first-order valence-electron chi connectivity index (χ1n) is 7.69. The second kappa shape index (κ2) is 6.35. The van der Waals surface area contributed by atoms with Gasteiger partial charge in [0.2, 0.25) is 0 Å². The fourth-order valence-corrected chi connectivity index (χ4v) is 4.01. The smallest absolute Gasteiger partial charge is 0.0976 e. The van der Waals surface area contributed by atoms with Crippen LogP contribution in [0, 0.1) is 29.6 Å². The molecule has 118 valence electrons. The third kappa shape index (κ3) is 2.73. The van der Waals surface area contributed by atoms with Crippen molar-refractivity contribution in [3.8, 4) is 23.3 Å². The van der Waals surface area contributed by atoms with Crippen LogP contribution in [-0.2, 0) is 0 Å². The number of thiophene rings is 1. The lowest BCUT2D eigenvalue weighted by Crippen LogP contribution is -2.22. The molecular formula is C20H17N3S. The molecule has 3 rings (SSSR count). The van der Waals surface area contributed by atoms with Crippen LogP contribution in [0.3, 0.4) is 0 Å². The van der Waals surface area contributed by atoms with Gasteiger partial charge in [0.1, 0.15) is 0 Å². The van der Waals surface area contributed by atoms with E-state index in [-0.39, 0.29) is 5.92 Å². The lowest BCUT2D eigenvalue weighted by atomic mass is 9.85. The number of nitriles is 2. The second-order valence-corrected chi connectivity index (χ2v) is 6.91. The van der Waals surface area contributed by atoms with Gasteiger partial charge in [-0.2, -0.15) is 10.5 Å². The van der Waals surface area contributed by atoms with Crippen LogP contribution in [0.5, 0.6) is 0 Å². The van der Waals surface area contributed by atoms with Crippen molar-refractivity contribution in [2.45, 2.75) is 26.7 Å². The third-order valence-electron chi connectivity index (χ3n) is 4.29. The maximum absolute atomic E-state index is 9.57. The summed E-state index contributed by atoms with van der Waals surface area (Å²) < 4.78 is 0. The summed E-state index contributed by atoms with van der Waals surface area (Å²) in [4.78, 5) is 1.03. The summed E-state index contributed by atoms with van der Waals surface area (Å²) in [5.74, 6) is -0.273. The Morgan fingerprint density at radius 1 is 0.917 bits per heavy atom. The number of hydrogen-bond acceptors (Lipinski definition) is 4. The molecule has 0 saturated carbocycles. The van der Waals surface area contributed by atoms with E-state index < -0.39 is 0 Å². The van der Waals surface area contributed by atoms with Gasteiger partial charge in [0.05, 0.1) is 29.2 Å². The Balaban J connectivity index is 2.07. The van der Waals surface area contributed by atoms with Gasteiger partial charge < -0.3 is 5.32 Å². The minimum atomic E-state index is -0.273. The predicted octanol–water partition coefficient (Wildman–Crippen LogP) is 5.01. The third-order valence-corrected chi connectivity index (χ3v) is 5.29. The van der Waals surface area contributed by atoms with Crippen molar-refractivity contribution in [3.63, 3.8) is 0 Å². The molecule has 1 N–H and O–H groups in total. The van der Waals surface area contributed by atoms with Gasteiger partial charge in [0, 0.05) is 16.3 Å². The Morgan fingerprint density at radius 3 is 2.04 bits per heavy atom. The van der Waals surface area contributed by atoms with Gasteiger partial charge in [-0.3, -0.25) is 0 Å². The van der Waals surface area contributed by atoms with Crippen molar-refractivity contribution in [3.05, 3.63) is 68.7 Å². The maximum Gasteiger partial charge on any atom is 0.0976 e. The Labute approximate surface area is 146 Å². The molecule has 0 radical (unpaired) electrons. The van der Waals surface area contributed by atoms with E-state index in [4.69, 9.17) is 0 Å². The second-order valence-electron chi connectivity index (χ2n) is 5.96. The van der Waals surface area contributed by atoms with E-state index in [1.807, 2.05) is 13.8 Å². The number of dihydropyridines is 1. The highest BCUT2D eigenvalue weighted by Crippen LogP contribution is 2.41.